The van der Waals surface area contributed by atoms with Crippen LogP contribution in [0.1, 0.15) is 212 Å². The van der Waals surface area contributed by atoms with Crippen LogP contribution in [-0.4, -0.2) is 94.1 Å². The molecule has 0 saturated carbocycles. The molecular weight excluding hydrogens is 2230 g/mol. The summed E-state index contributed by atoms with van der Waals surface area (Å²) >= 11 is 45.8. The van der Waals surface area contributed by atoms with Crippen LogP contribution >= 0.6 is 187 Å². The Morgan fingerprint density at radius 2 is 0.902 bits per heavy atom. The number of thiazole rings is 5. The number of Topliss-reactive ketones (excluding diaryl/α,β-unsaturated/α-hetero) is 2. The van der Waals surface area contributed by atoms with Crippen LogP contribution < -0.4 is 45.9 Å². The molecule has 26 nitrogen and oxygen atoms in total. The Morgan fingerprint density at radius 1 is 0.504 bits per heavy atom. The quantitative estimate of drug-likeness (QED) is 0.0268. The smallest absolute Gasteiger partial charge is 0.339 e. The fraction of sp³-hybridized carbons (Fsp3) is 0.272. The van der Waals surface area contributed by atoms with Gasteiger partial charge in [-0.25, -0.2) is 29.9 Å². The molecule has 18 rings (SSSR count). The van der Waals surface area contributed by atoms with E-state index in [1.54, 1.807) is 135 Å². The number of halogens is 9. The number of furan rings is 5. The van der Waals surface area contributed by atoms with Crippen LogP contribution in [0.4, 0.5) is 17.1 Å². The van der Waals surface area contributed by atoms with Gasteiger partial charge in [-0.1, -0.05) is 95.7 Å². The van der Waals surface area contributed by atoms with Gasteiger partial charge in [0, 0.05) is 75.9 Å². The van der Waals surface area contributed by atoms with Crippen molar-refractivity contribution >= 4 is 311 Å². The number of aldehydes is 1. The lowest BCUT2D eigenvalue weighted by molar-refractivity contribution is 0.0944. The van der Waals surface area contributed by atoms with Crippen LogP contribution in [0.15, 0.2) is 155 Å². The van der Waals surface area contributed by atoms with E-state index in [4.69, 9.17) is 78.8 Å². The van der Waals surface area contributed by atoms with Crippen molar-refractivity contribution in [1.82, 2.24) is 34.9 Å². The first-order valence-corrected chi connectivity index (χ1v) is 52.8. The first-order chi connectivity index (χ1) is 62.2. The fourth-order valence-electron chi connectivity index (χ4n) is 13.0. The summed E-state index contributed by atoms with van der Waals surface area (Å²) in [6.07, 6.45) is 4.22. The summed E-state index contributed by atoms with van der Waals surface area (Å²) < 4.78 is 68.2. The number of nitrogens with zero attached hydrogens (tertiary/aromatic N) is 6. The second-order valence-electron chi connectivity index (χ2n) is 30.2. The van der Waals surface area contributed by atoms with E-state index in [2.05, 4.69) is 213 Å². The Kier molecular flexibility index (Phi) is 36.7. The molecule has 13 heterocycles. The maximum absolute atomic E-state index is 12.6. The number of benzene rings is 5. The molecule has 0 fully saturated rings. The molecule has 702 valence electrons. The van der Waals surface area contributed by atoms with Gasteiger partial charge in [0.15, 0.2) is 40.5 Å². The van der Waals surface area contributed by atoms with E-state index in [0.29, 0.717) is 168 Å². The Balaban J connectivity index is 0.000000166. The zero-order valence-corrected chi connectivity index (χ0v) is 88.4. The maximum Gasteiger partial charge on any atom is 0.339 e. The molecule has 6 N–H and O–H groups in total. The zero-order chi connectivity index (χ0) is 95.2. The van der Waals surface area contributed by atoms with Gasteiger partial charge >= 0.3 is 5.20 Å². The van der Waals surface area contributed by atoms with Crippen LogP contribution in [0.3, 0.4) is 0 Å². The minimum Gasteiger partial charge on any atom is -0.496 e. The Labute approximate surface area is 846 Å². The number of nitrogens with one attached hydrogen (secondary N) is 2. The number of methoxy groups -OCH3 is 5. The van der Waals surface area contributed by atoms with E-state index in [0.717, 1.165) is 89.4 Å². The van der Waals surface area contributed by atoms with Crippen molar-refractivity contribution < 1.29 is 69.5 Å². The van der Waals surface area contributed by atoms with Gasteiger partial charge in [-0.3, -0.25) is 28.5 Å². The number of allylic oxidation sites excluding steroid dienone is 1. The molecule has 0 spiro atoms. The van der Waals surface area contributed by atoms with Gasteiger partial charge in [0.2, 0.25) is 17.0 Å². The number of ketones is 3. The average molecular weight is 2320 g/mol. The lowest BCUT2D eigenvalue weighted by Crippen LogP contribution is -2.22. The molecule has 0 saturated heterocycles. The van der Waals surface area contributed by atoms with Gasteiger partial charge in [0.1, 0.15) is 67.9 Å². The Hall–Kier alpha value is -8.82. The van der Waals surface area contributed by atoms with Crippen molar-refractivity contribution in [2.45, 2.75) is 133 Å². The number of carbonyl (C=O) groups is 4. The van der Waals surface area contributed by atoms with Crippen molar-refractivity contribution in [1.29, 1.82) is 0 Å². The molecule has 12 aromatic heterocycles. The van der Waals surface area contributed by atoms with Crippen molar-refractivity contribution in [2.24, 2.45) is 0 Å². The number of aromatic nitrogens is 7. The van der Waals surface area contributed by atoms with Crippen molar-refractivity contribution in [2.75, 3.05) is 52.3 Å². The molecule has 0 radical (unpaired) electrons. The minimum absolute atomic E-state index is 0. The summed E-state index contributed by atoms with van der Waals surface area (Å²) in [5, 5.41) is 19.5. The molecule has 1 unspecified atom stereocenters. The molecule has 1 atom stereocenters. The highest BCUT2D eigenvalue weighted by Gasteiger charge is 2.34. The fourth-order valence-corrected chi connectivity index (χ4v) is 20.9. The number of carbonyl (C=O) groups excluding carboxylic acids is 4. The highest BCUT2D eigenvalue weighted by molar-refractivity contribution is 9.11. The van der Waals surface area contributed by atoms with Gasteiger partial charge in [0.05, 0.1) is 178 Å². The number of hydrogen-bond donors (Lipinski definition) is 4. The van der Waals surface area contributed by atoms with Crippen LogP contribution in [0.2, 0.25) is 5.02 Å². The largest absolute Gasteiger partial charge is 0.496 e. The molecule has 1 aliphatic heterocycles. The maximum atomic E-state index is 12.6. The van der Waals surface area contributed by atoms with E-state index < -0.39 is 5.20 Å². The van der Waals surface area contributed by atoms with Crippen LogP contribution in [0.25, 0.3) is 106 Å². The Morgan fingerprint density at radius 3 is 1.37 bits per heavy atom. The predicted molar refractivity (Wildman–Crippen MR) is 561 cm³/mol. The number of fused-ring (bicyclic) bond motifs is 11. The van der Waals surface area contributed by atoms with Gasteiger partial charge in [0.25, 0.3) is 0 Å². The molecule has 17 aromatic rings. The summed E-state index contributed by atoms with van der Waals surface area (Å²) in [4.78, 5) is 89.8. The molecule has 5 aromatic carbocycles. The van der Waals surface area contributed by atoms with Gasteiger partial charge < -0.3 is 67.5 Å². The lowest BCUT2D eigenvalue weighted by Gasteiger charge is -2.22. The lowest BCUT2D eigenvalue weighted by atomic mass is 9.99. The van der Waals surface area contributed by atoms with E-state index in [1.165, 1.54) is 30.4 Å². The van der Waals surface area contributed by atoms with Gasteiger partial charge in [-0.2, -0.15) is 0 Å². The summed E-state index contributed by atoms with van der Waals surface area (Å²) in [6.45, 7) is 22.4. The number of nitrogens with two attached hydrogens (primary N) is 2. The predicted octanol–water partition coefficient (Wildman–Crippen LogP) is 31.9. The van der Waals surface area contributed by atoms with E-state index in [1.807, 2.05) is 45.8 Å². The molecular formula is C92H90Br5Cl4N10O16PS5. The number of H-pyrrole nitrogens is 1. The number of nitrogen functional groups attached to an aromatic ring is 2. The SMILES string of the molecule is C.C.CC(C)c1nc(C=O)cs1.COc1ccc2oc(C(=O)/C=C/c3csc(C(C)C)n3)c(N)c2c1Br.COc1ccc2oc(C(C)=O)c(N)c2c1Br.COc1ccc2oc3c(=O)cc(-c4csc(C(C)C)n4)[nH]c3c2c1Br.COc1ccc2oc3c(Cl)cc(-c4csc(C(C)C)n4)nc3c2c1Br.COc1ccc2oc3c(c2c1Br)NC(c1csc(C(C)C)n1)CC3=O.O=P(Cl)(Cl)Cl. The van der Waals surface area contributed by atoms with Crippen molar-refractivity contribution in [3.05, 3.63) is 203 Å². The number of rotatable bonds is 18. The molecule has 0 amide bonds. The minimum atomic E-state index is -3.22. The molecule has 1 aliphatic rings. The topological polar surface area (TPSA) is 371 Å². The Bertz CT molecular complexity index is 7300. The second-order valence-corrected chi connectivity index (χ2v) is 45.7. The monoisotopic (exact) mass is 2320 g/mol. The number of pyridine rings is 2. The van der Waals surface area contributed by atoms with E-state index >= 15 is 0 Å². The molecule has 0 aliphatic carbocycles. The summed E-state index contributed by atoms with van der Waals surface area (Å²) in [7, 11) is 7.97. The third kappa shape index (κ3) is 24.1. The molecule has 41 heteroatoms. The summed E-state index contributed by atoms with van der Waals surface area (Å²) in [5.41, 5.74) is 23.6. The first-order valence-electron chi connectivity index (χ1n) is 39.6. The van der Waals surface area contributed by atoms with Crippen LogP contribution in [0.5, 0.6) is 28.7 Å². The van der Waals surface area contributed by atoms with E-state index in [-0.39, 0.29) is 60.9 Å². The number of hydrogen-bond acceptors (Lipinski definition) is 30. The van der Waals surface area contributed by atoms with Gasteiger partial charge in [-0.05, 0) is 192 Å². The number of anilines is 3. The first kappa shape index (κ1) is 106. The van der Waals surface area contributed by atoms with Gasteiger partial charge in [-0.15, -0.1) is 56.7 Å². The summed E-state index contributed by atoms with van der Waals surface area (Å²) in [6, 6.07) is 21.1. The normalized spacial score (nSPS) is 12.3. The van der Waals surface area contributed by atoms with Crippen molar-refractivity contribution in [3.63, 3.8) is 0 Å². The highest BCUT2D eigenvalue weighted by atomic mass is 79.9. The van der Waals surface area contributed by atoms with Crippen LogP contribution in [-0.2, 0) is 4.57 Å². The number of ether oxygens (including phenoxy) is 5. The zero-order valence-electron chi connectivity index (χ0n) is 72.5. The van der Waals surface area contributed by atoms with Crippen molar-refractivity contribution in [3.8, 4) is 51.5 Å². The number of aromatic amines is 1. The van der Waals surface area contributed by atoms with E-state index in [9.17, 15) is 28.5 Å². The third-order valence-corrected chi connectivity index (χ3v) is 29.5. The van der Waals surface area contributed by atoms with Crippen LogP contribution in [0, 0.1) is 0 Å². The standard InChI is InChI=1S/C18H14BrClN2O2S.C18H17BrN2O3S.C18H15BrN2O3S.C18H17BrN2O3S.C11H10BrNO3.C7H9NOS.2CH4.Cl3OP/c1-8(2)18-22-11(7-25-18)10-6-9(20)17-16(21-10)14-12(24-17)4-5-13(23-3)15(14)19;2*1-8(2)18-21-10(7-25-18)9-6-11(22)17-16(20-9)14-12(24-17)4-5-13(23-3)15(14)19;1-9(2)18-21-10(8-25-18)4-5-11(22)17-16(20)14-12(24-17)6-7-13(23-3)15(14)19;1-5(14)11-10(13)8-6(16-11)3-4-7(15-2)9(8)12;1-5(2)7-8-6(3-9)4-10-7;;;1-5(2,3)4/h4-8H,1-3H3;4-5,7-9,20H,6H2,1-3H3;4-8H,1-3H3,(H,20,22);4-9H,20H2,1-3H3;3-4H,13H2,1-2H3;3-5H,1-2H3;2*1H4;/b;;;5-4+;;;;;. The average Bonchev–Trinajstić information content (AvgIpc) is 1.61. The second kappa shape index (κ2) is 45.9. The third-order valence-electron chi connectivity index (χ3n) is 19.5. The summed E-state index contributed by atoms with van der Waals surface area (Å²) in [5.74, 6) is 5.42. The highest BCUT2D eigenvalue weighted by Crippen LogP contribution is 2.61. The molecule has 0 bridgehead atoms. The molecule has 133 heavy (non-hydrogen) atoms.